The molecule has 1 aliphatic heterocycles. The molecule has 5 nitrogen and oxygen atoms in total. The summed E-state index contributed by atoms with van der Waals surface area (Å²) in [5.74, 6) is -0.742. The van der Waals surface area contributed by atoms with E-state index in [0.29, 0.717) is 11.8 Å². The van der Waals surface area contributed by atoms with Gasteiger partial charge in [0.25, 0.3) is 5.91 Å². The van der Waals surface area contributed by atoms with Crippen LogP contribution in [0, 0.1) is 0 Å². The predicted molar refractivity (Wildman–Crippen MR) is 39.5 cm³/mol. The number of hydrogen-bond acceptors (Lipinski definition) is 5. The van der Waals surface area contributed by atoms with Crippen LogP contribution in [-0.2, 0) is 14.8 Å². The van der Waals surface area contributed by atoms with Gasteiger partial charge in [-0.15, -0.1) is 0 Å². The zero-order valence-corrected chi connectivity index (χ0v) is 7.24. The van der Waals surface area contributed by atoms with E-state index in [2.05, 4.69) is 0 Å². The van der Waals surface area contributed by atoms with Gasteiger partial charge in [0.05, 0.1) is 12.0 Å². The molecule has 0 atom stereocenters. The van der Waals surface area contributed by atoms with E-state index in [1.165, 1.54) is 0 Å². The SMILES string of the molecule is CS(=O)(=O)N1C(=O)CSC1=O. The van der Waals surface area contributed by atoms with Crippen LogP contribution >= 0.6 is 11.8 Å². The molecule has 62 valence electrons. The van der Waals surface area contributed by atoms with Gasteiger partial charge in [-0.2, -0.15) is 4.31 Å². The van der Waals surface area contributed by atoms with Gasteiger partial charge in [-0.25, -0.2) is 8.42 Å². The molecule has 0 radical (unpaired) electrons. The molecule has 0 unspecified atom stereocenters. The van der Waals surface area contributed by atoms with Gasteiger partial charge < -0.3 is 0 Å². The minimum Gasteiger partial charge on any atom is -0.272 e. The van der Waals surface area contributed by atoms with E-state index in [-0.39, 0.29) is 10.1 Å². The number of amides is 2. The summed E-state index contributed by atoms with van der Waals surface area (Å²) in [6.07, 6.45) is 0.828. The van der Waals surface area contributed by atoms with E-state index in [9.17, 15) is 18.0 Å². The van der Waals surface area contributed by atoms with E-state index in [0.717, 1.165) is 6.26 Å². The Morgan fingerprint density at radius 1 is 1.45 bits per heavy atom. The van der Waals surface area contributed by atoms with Crippen molar-refractivity contribution in [2.24, 2.45) is 0 Å². The molecule has 0 aliphatic carbocycles. The Morgan fingerprint density at radius 3 is 2.18 bits per heavy atom. The third kappa shape index (κ3) is 1.54. The van der Waals surface area contributed by atoms with E-state index in [4.69, 9.17) is 0 Å². The summed E-state index contributed by atoms with van der Waals surface area (Å²) < 4.78 is 21.7. The maximum Gasteiger partial charge on any atom is 0.302 e. The van der Waals surface area contributed by atoms with Gasteiger partial charge >= 0.3 is 5.24 Å². The first-order valence-corrected chi connectivity index (χ1v) is 5.46. The molecule has 0 aromatic heterocycles. The molecule has 0 aromatic rings. The van der Waals surface area contributed by atoms with Gasteiger partial charge in [0.15, 0.2) is 0 Å². The Hall–Kier alpha value is -0.560. The summed E-state index contributed by atoms with van der Waals surface area (Å²) in [6.45, 7) is 0. The summed E-state index contributed by atoms with van der Waals surface area (Å²) >= 11 is 0.699. The Labute approximate surface area is 67.8 Å². The lowest BCUT2D eigenvalue weighted by Crippen LogP contribution is -2.34. The van der Waals surface area contributed by atoms with Crippen LogP contribution in [0.25, 0.3) is 0 Å². The summed E-state index contributed by atoms with van der Waals surface area (Å²) in [5.41, 5.74) is 0. The largest absolute Gasteiger partial charge is 0.302 e. The van der Waals surface area contributed by atoms with Crippen LogP contribution in [0.1, 0.15) is 0 Å². The summed E-state index contributed by atoms with van der Waals surface area (Å²) in [4.78, 5) is 21.5. The Bertz CT molecular complexity index is 290. The van der Waals surface area contributed by atoms with Crippen molar-refractivity contribution in [2.45, 2.75) is 0 Å². The molecule has 0 aromatic carbocycles. The highest BCUT2D eigenvalue weighted by atomic mass is 32.2. The number of hydrogen-bond donors (Lipinski definition) is 0. The van der Waals surface area contributed by atoms with Crippen LogP contribution in [0.5, 0.6) is 0 Å². The summed E-state index contributed by atoms with van der Waals surface area (Å²) in [5, 5.41) is -0.711. The van der Waals surface area contributed by atoms with Crippen molar-refractivity contribution in [1.82, 2.24) is 4.31 Å². The molecule has 1 saturated heterocycles. The second-order valence-electron chi connectivity index (χ2n) is 1.98. The average Bonchev–Trinajstić information content (AvgIpc) is 2.08. The van der Waals surface area contributed by atoms with Gasteiger partial charge in [0.1, 0.15) is 0 Å². The Balaban J connectivity index is 3.05. The molecule has 0 saturated carbocycles. The molecule has 0 N–H and O–H groups in total. The van der Waals surface area contributed by atoms with Crippen molar-refractivity contribution in [3.8, 4) is 0 Å². The van der Waals surface area contributed by atoms with Gasteiger partial charge in [0.2, 0.25) is 10.0 Å². The molecule has 1 heterocycles. The number of rotatable bonds is 1. The number of thioether (sulfide) groups is 1. The molecule has 11 heavy (non-hydrogen) atoms. The van der Waals surface area contributed by atoms with E-state index < -0.39 is 21.2 Å². The highest BCUT2D eigenvalue weighted by Crippen LogP contribution is 2.20. The lowest BCUT2D eigenvalue weighted by Gasteiger charge is -2.07. The van der Waals surface area contributed by atoms with Crippen LogP contribution in [0.15, 0.2) is 0 Å². The lowest BCUT2D eigenvalue weighted by molar-refractivity contribution is -0.121. The first-order chi connectivity index (χ1) is 4.93. The van der Waals surface area contributed by atoms with Gasteiger partial charge in [-0.05, 0) is 0 Å². The molecule has 1 aliphatic rings. The maximum absolute atomic E-state index is 10.7. The fourth-order valence-electron chi connectivity index (χ4n) is 0.663. The molecule has 0 bridgehead atoms. The van der Waals surface area contributed by atoms with Crippen molar-refractivity contribution in [1.29, 1.82) is 0 Å². The van der Waals surface area contributed by atoms with Crippen molar-refractivity contribution < 1.29 is 18.0 Å². The van der Waals surface area contributed by atoms with E-state index in [1.54, 1.807) is 0 Å². The molecular weight excluding hydrogens is 190 g/mol. The zero-order valence-electron chi connectivity index (χ0n) is 5.60. The minimum absolute atomic E-state index is 0.0775. The van der Waals surface area contributed by atoms with Gasteiger partial charge in [-0.1, -0.05) is 11.8 Å². The van der Waals surface area contributed by atoms with Crippen LogP contribution in [0.4, 0.5) is 4.79 Å². The van der Waals surface area contributed by atoms with Crippen LogP contribution < -0.4 is 0 Å². The lowest BCUT2D eigenvalue weighted by atomic mass is 10.7. The molecule has 7 heteroatoms. The van der Waals surface area contributed by atoms with Gasteiger partial charge in [-0.3, -0.25) is 9.59 Å². The second kappa shape index (κ2) is 2.49. The third-order valence-electron chi connectivity index (χ3n) is 1.04. The van der Waals surface area contributed by atoms with Crippen LogP contribution in [-0.4, -0.2) is 35.9 Å². The summed E-state index contributed by atoms with van der Waals surface area (Å²) in [7, 11) is -3.69. The molecular formula is C4H5NO4S2. The van der Waals surface area contributed by atoms with E-state index >= 15 is 0 Å². The topological polar surface area (TPSA) is 71.5 Å². The van der Waals surface area contributed by atoms with Crippen molar-refractivity contribution in [3.05, 3.63) is 0 Å². The van der Waals surface area contributed by atoms with Crippen LogP contribution in [0.3, 0.4) is 0 Å². The fourth-order valence-corrected chi connectivity index (χ4v) is 2.61. The van der Waals surface area contributed by atoms with Crippen LogP contribution in [0.2, 0.25) is 0 Å². The summed E-state index contributed by atoms with van der Waals surface area (Å²) in [6, 6.07) is 0. The highest BCUT2D eigenvalue weighted by Gasteiger charge is 2.36. The standard InChI is InChI=1S/C4H5NO4S2/c1-11(8,9)5-3(6)2-10-4(5)7/h2H2,1H3. The normalized spacial score (nSPS) is 19.5. The van der Waals surface area contributed by atoms with Gasteiger partial charge in [0, 0.05) is 0 Å². The molecule has 1 rings (SSSR count). The molecule has 2 amide bonds. The first-order valence-electron chi connectivity index (χ1n) is 2.63. The predicted octanol–water partition coefficient (Wildman–Crippen LogP) is -0.359. The zero-order chi connectivity index (χ0) is 8.65. The highest BCUT2D eigenvalue weighted by molar-refractivity contribution is 8.16. The maximum atomic E-state index is 10.7. The second-order valence-corrected chi connectivity index (χ2v) is 4.73. The number of carbonyl (C=O) groups is 2. The van der Waals surface area contributed by atoms with E-state index in [1.807, 2.05) is 0 Å². The van der Waals surface area contributed by atoms with Crippen molar-refractivity contribution in [3.63, 3.8) is 0 Å². The van der Waals surface area contributed by atoms with Crippen molar-refractivity contribution >= 4 is 32.9 Å². The molecule has 0 spiro atoms. The average molecular weight is 195 g/mol. The Morgan fingerprint density at radius 2 is 2.00 bits per heavy atom. The first kappa shape index (κ1) is 8.54. The Kier molecular flexibility index (Phi) is 1.93. The monoisotopic (exact) mass is 195 g/mol. The quantitative estimate of drug-likeness (QED) is 0.571. The fraction of sp³-hybridized carbons (Fsp3) is 0.500. The number of sulfonamides is 1. The number of nitrogens with zero attached hydrogens (tertiary/aromatic N) is 1. The third-order valence-corrected chi connectivity index (χ3v) is 3.01. The minimum atomic E-state index is -3.69. The molecule has 1 fully saturated rings. The van der Waals surface area contributed by atoms with Crippen molar-refractivity contribution in [2.75, 3.05) is 12.0 Å². The number of carbonyl (C=O) groups excluding carboxylic acids is 2. The smallest absolute Gasteiger partial charge is 0.272 e. The number of imide groups is 1.